The van der Waals surface area contributed by atoms with E-state index >= 15 is 0 Å². The van der Waals surface area contributed by atoms with Gasteiger partial charge in [0.15, 0.2) is 0 Å². The molecule has 5 nitrogen and oxygen atoms in total. The fourth-order valence-corrected chi connectivity index (χ4v) is 2.24. The molecule has 1 fully saturated rings. The Morgan fingerprint density at radius 1 is 1.42 bits per heavy atom. The lowest BCUT2D eigenvalue weighted by Gasteiger charge is -2.19. The molecule has 19 heavy (non-hydrogen) atoms. The number of hydrogen-bond acceptors (Lipinski definition) is 3. The van der Waals surface area contributed by atoms with Crippen molar-refractivity contribution in [3.05, 3.63) is 29.3 Å². The average Bonchev–Trinajstić information content (AvgIpc) is 2.62. The second kappa shape index (κ2) is 5.73. The van der Waals surface area contributed by atoms with Crippen molar-refractivity contribution in [3.8, 4) is 0 Å². The molecule has 1 aromatic rings. The van der Waals surface area contributed by atoms with E-state index in [2.05, 4.69) is 10.6 Å². The molecule has 1 aliphatic heterocycles. The molecule has 2 rings (SSSR count). The highest BCUT2D eigenvalue weighted by atomic mass is 16.2. The molecule has 0 unspecified atom stereocenters. The highest BCUT2D eigenvalue weighted by Crippen LogP contribution is 2.17. The van der Waals surface area contributed by atoms with Crippen molar-refractivity contribution >= 4 is 17.5 Å². The van der Waals surface area contributed by atoms with E-state index in [1.807, 2.05) is 26.1 Å². The number of nitrogens with zero attached hydrogens (tertiary/aromatic N) is 1. The normalized spacial score (nSPS) is 15.7. The quantitative estimate of drug-likeness (QED) is 0.835. The van der Waals surface area contributed by atoms with Gasteiger partial charge in [0.2, 0.25) is 5.91 Å². The van der Waals surface area contributed by atoms with Gasteiger partial charge in [0.1, 0.15) is 0 Å². The van der Waals surface area contributed by atoms with Gasteiger partial charge in [0.25, 0.3) is 5.91 Å². The molecule has 1 aliphatic rings. The van der Waals surface area contributed by atoms with E-state index in [0.717, 1.165) is 17.7 Å². The van der Waals surface area contributed by atoms with Gasteiger partial charge < -0.3 is 15.5 Å². The van der Waals surface area contributed by atoms with E-state index in [1.165, 1.54) is 0 Å². The fraction of sp³-hybridized carbons (Fsp3) is 0.429. The Balaban J connectivity index is 2.18. The molecule has 1 aromatic carbocycles. The minimum absolute atomic E-state index is 0.0807. The second-order valence-electron chi connectivity index (χ2n) is 4.71. The lowest BCUT2D eigenvalue weighted by atomic mass is 10.1. The maximum absolute atomic E-state index is 12.4. The summed E-state index contributed by atoms with van der Waals surface area (Å²) in [4.78, 5) is 25.5. The number of nitrogens with one attached hydrogen (secondary N) is 2. The summed E-state index contributed by atoms with van der Waals surface area (Å²) in [5, 5.41) is 5.84. The van der Waals surface area contributed by atoms with Crippen molar-refractivity contribution in [1.82, 2.24) is 10.2 Å². The summed E-state index contributed by atoms with van der Waals surface area (Å²) in [5.74, 6) is -0.169. The molecule has 102 valence electrons. The molecule has 1 heterocycles. The molecule has 5 heteroatoms. The molecule has 2 amide bonds. The Bertz CT molecular complexity index is 499. The number of carbonyl (C=O) groups is 2. The van der Waals surface area contributed by atoms with Crippen LogP contribution in [-0.4, -0.2) is 43.4 Å². The Kier molecular flexibility index (Phi) is 4.04. The van der Waals surface area contributed by atoms with Crippen LogP contribution in [0.5, 0.6) is 0 Å². The predicted octanol–water partition coefficient (Wildman–Crippen LogP) is 0.999. The molecule has 1 saturated heterocycles. The fourth-order valence-electron chi connectivity index (χ4n) is 2.24. The molecule has 2 N–H and O–H groups in total. The van der Waals surface area contributed by atoms with Crippen molar-refractivity contribution in [2.24, 2.45) is 0 Å². The van der Waals surface area contributed by atoms with Crippen LogP contribution >= 0.6 is 0 Å². The lowest BCUT2D eigenvalue weighted by Crippen LogP contribution is -2.37. The summed E-state index contributed by atoms with van der Waals surface area (Å²) < 4.78 is 0. The third-order valence-electron chi connectivity index (χ3n) is 3.29. The van der Waals surface area contributed by atoms with Crippen molar-refractivity contribution in [2.75, 3.05) is 32.0 Å². The molecule has 0 radical (unpaired) electrons. The van der Waals surface area contributed by atoms with Crippen LogP contribution < -0.4 is 10.6 Å². The largest absolute Gasteiger partial charge is 0.388 e. The number of rotatable bonds is 2. The van der Waals surface area contributed by atoms with Gasteiger partial charge in [-0.05, 0) is 37.1 Å². The molecule has 0 saturated carbocycles. The Hall–Kier alpha value is -2.04. The van der Waals surface area contributed by atoms with Crippen LogP contribution in [0.25, 0.3) is 0 Å². The van der Waals surface area contributed by atoms with E-state index in [0.29, 0.717) is 18.7 Å². The molecule has 0 bridgehead atoms. The molecule has 0 spiro atoms. The zero-order chi connectivity index (χ0) is 13.8. The summed E-state index contributed by atoms with van der Waals surface area (Å²) in [6.07, 6.45) is 0.797. The van der Waals surface area contributed by atoms with Crippen molar-refractivity contribution in [2.45, 2.75) is 13.3 Å². The maximum atomic E-state index is 12.4. The van der Waals surface area contributed by atoms with Gasteiger partial charge in [0, 0.05) is 31.4 Å². The first-order valence-electron chi connectivity index (χ1n) is 6.46. The molecule has 0 aromatic heterocycles. The third kappa shape index (κ3) is 3.05. The van der Waals surface area contributed by atoms with Crippen LogP contribution in [0.4, 0.5) is 5.69 Å². The van der Waals surface area contributed by atoms with Gasteiger partial charge in [-0.25, -0.2) is 0 Å². The highest BCUT2D eigenvalue weighted by molar-refractivity contribution is 5.97. The molecule has 0 aliphatic carbocycles. The summed E-state index contributed by atoms with van der Waals surface area (Å²) in [5.41, 5.74) is 2.66. The van der Waals surface area contributed by atoms with Crippen LogP contribution in [0.2, 0.25) is 0 Å². The first-order valence-corrected chi connectivity index (χ1v) is 6.46. The van der Waals surface area contributed by atoms with E-state index in [4.69, 9.17) is 0 Å². The molecular weight excluding hydrogens is 242 g/mol. The number of amides is 2. The highest BCUT2D eigenvalue weighted by Gasteiger charge is 2.21. The van der Waals surface area contributed by atoms with Gasteiger partial charge in [-0.1, -0.05) is 0 Å². The number of hydrogen-bond donors (Lipinski definition) is 2. The summed E-state index contributed by atoms with van der Waals surface area (Å²) in [6.45, 7) is 3.36. The summed E-state index contributed by atoms with van der Waals surface area (Å²) >= 11 is 0. The van der Waals surface area contributed by atoms with E-state index in [-0.39, 0.29) is 18.4 Å². The first-order chi connectivity index (χ1) is 9.11. The maximum Gasteiger partial charge on any atom is 0.254 e. The van der Waals surface area contributed by atoms with Crippen LogP contribution in [0.15, 0.2) is 18.2 Å². The number of aryl methyl sites for hydroxylation is 1. The van der Waals surface area contributed by atoms with Crippen LogP contribution in [0.3, 0.4) is 0 Å². The monoisotopic (exact) mass is 261 g/mol. The minimum Gasteiger partial charge on any atom is -0.388 e. The van der Waals surface area contributed by atoms with Crippen LogP contribution in [-0.2, 0) is 4.79 Å². The van der Waals surface area contributed by atoms with E-state index in [9.17, 15) is 9.59 Å². The summed E-state index contributed by atoms with van der Waals surface area (Å²) in [7, 11) is 1.85. The summed E-state index contributed by atoms with van der Waals surface area (Å²) in [6, 6.07) is 5.54. The first kappa shape index (κ1) is 13.4. The lowest BCUT2D eigenvalue weighted by molar-refractivity contribution is -0.121. The van der Waals surface area contributed by atoms with Crippen LogP contribution in [0, 0.1) is 6.92 Å². The number of benzene rings is 1. The Morgan fingerprint density at radius 2 is 2.21 bits per heavy atom. The third-order valence-corrected chi connectivity index (χ3v) is 3.29. The zero-order valence-electron chi connectivity index (χ0n) is 11.3. The van der Waals surface area contributed by atoms with E-state index in [1.54, 1.807) is 11.0 Å². The number of anilines is 1. The van der Waals surface area contributed by atoms with E-state index < -0.39 is 0 Å². The minimum atomic E-state index is -0.0885. The van der Waals surface area contributed by atoms with Gasteiger partial charge in [-0.2, -0.15) is 0 Å². The topological polar surface area (TPSA) is 61.4 Å². The average molecular weight is 261 g/mol. The predicted molar refractivity (Wildman–Crippen MR) is 74.3 cm³/mol. The van der Waals surface area contributed by atoms with Gasteiger partial charge in [0.05, 0.1) is 6.54 Å². The SMILES string of the molecule is CNc1ccc(C(=O)N2CCCNC(=O)C2)cc1C. The van der Waals surface area contributed by atoms with Crippen molar-refractivity contribution in [3.63, 3.8) is 0 Å². The van der Waals surface area contributed by atoms with Crippen molar-refractivity contribution < 1.29 is 9.59 Å². The van der Waals surface area contributed by atoms with Gasteiger partial charge in [-0.15, -0.1) is 0 Å². The van der Waals surface area contributed by atoms with Gasteiger partial charge in [-0.3, -0.25) is 9.59 Å². The molecular formula is C14H19N3O2. The Morgan fingerprint density at radius 3 is 2.89 bits per heavy atom. The smallest absolute Gasteiger partial charge is 0.254 e. The van der Waals surface area contributed by atoms with Crippen molar-refractivity contribution in [1.29, 1.82) is 0 Å². The van der Waals surface area contributed by atoms with Crippen LogP contribution in [0.1, 0.15) is 22.3 Å². The zero-order valence-corrected chi connectivity index (χ0v) is 11.3. The number of carbonyl (C=O) groups excluding carboxylic acids is 2. The molecule has 0 atom stereocenters. The Labute approximate surface area is 113 Å². The second-order valence-corrected chi connectivity index (χ2v) is 4.71. The standard InChI is InChI=1S/C14H19N3O2/c1-10-8-11(4-5-12(10)15-2)14(19)17-7-3-6-16-13(18)9-17/h4-5,8,15H,3,6-7,9H2,1-2H3,(H,16,18). The van der Waals surface area contributed by atoms with Gasteiger partial charge >= 0.3 is 0 Å².